The molecule has 0 bridgehead atoms. The number of benzene rings is 1. The van der Waals surface area contributed by atoms with Crippen molar-refractivity contribution in [2.24, 2.45) is 11.7 Å². The zero-order valence-electron chi connectivity index (χ0n) is 10.2. The molecule has 0 fully saturated rings. The summed E-state index contributed by atoms with van der Waals surface area (Å²) in [4.78, 5) is 23.1. The van der Waals surface area contributed by atoms with Gasteiger partial charge in [0.2, 0.25) is 5.91 Å². The number of amides is 1. The van der Waals surface area contributed by atoms with Crippen molar-refractivity contribution < 1.29 is 19.1 Å². The number of carbonyl (C=O) groups excluding carboxylic acids is 1. The lowest BCUT2D eigenvalue weighted by atomic mass is 10.1. The van der Waals surface area contributed by atoms with E-state index in [2.05, 4.69) is 0 Å². The Morgan fingerprint density at radius 1 is 1.50 bits per heavy atom. The first-order valence-electron chi connectivity index (χ1n) is 5.36. The second-order valence-corrected chi connectivity index (χ2v) is 4.15. The summed E-state index contributed by atoms with van der Waals surface area (Å²) in [5.41, 5.74) is 5.34. The summed E-state index contributed by atoms with van der Waals surface area (Å²) in [7, 11) is 1.59. The molecule has 1 unspecified atom stereocenters. The highest BCUT2D eigenvalue weighted by Gasteiger charge is 2.16. The molecule has 0 aromatic heterocycles. The topological polar surface area (TPSA) is 83.6 Å². The Labute approximate surface area is 104 Å². The van der Waals surface area contributed by atoms with E-state index in [4.69, 9.17) is 10.8 Å². The molecule has 98 valence electrons. The van der Waals surface area contributed by atoms with Gasteiger partial charge in [0.1, 0.15) is 5.82 Å². The van der Waals surface area contributed by atoms with Crippen molar-refractivity contribution in [2.75, 3.05) is 18.5 Å². The Hall–Kier alpha value is -2.11. The van der Waals surface area contributed by atoms with Crippen molar-refractivity contribution in [2.45, 2.75) is 6.92 Å². The van der Waals surface area contributed by atoms with Crippen LogP contribution in [-0.2, 0) is 4.79 Å². The average molecular weight is 254 g/mol. The summed E-state index contributed by atoms with van der Waals surface area (Å²) >= 11 is 0. The zero-order chi connectivity index (χ0) is 13.9. The number of rotatable bonds is 5. The molecule has 0 aliphatic carbocycles. The molecule has 18 heavy (non-hydrogen) atoms. The van der Waals surface area contributed by atoms with E-state index in [1.54, 1.807) is 7.05 Å². The number of hydrogen-bond donors (Lipinski definition) is 2. The lowest BCUT2D eigenvalue weighted by molar-refractivity contribution is -0.140. The first kappa shape index (κ1) is 14.0. The molecule has 0 spiro atoms. The molecule has 0 heterocycles. The SMILES string of the molecule is CC(CN(C)c1ccc(C(N)=O)cc1F)C(=O)O. The maximum atomic E-state index is 13.7. The number of carboxylic acids is 1. The van der Waals surface area contributed by atoms with E-state index < -0.39 is 23.6 Å². The van der Waals surface area contributed by atoms with Gasteiger partial charge in [-0.05, 0) is 18.2 Å². The minimum Gasteiger partial charge on any atom is -0.481 e. The van der Waals surface area contributed by atoms with Crippen LogP contribution in [0.4, 0.5) is 10.1 Å². The quantitative estimate of drug-likeness (QED) is 0.823. The minimum absolute atomic E-state index is 0.0796. The van der Waals surface area contributed by atoms with Crippen LogP contribution in [0, 0.1) is 11.7 Å². The van der Waals surface area contributed by atoms with E-state index in [1.165, 1.54) is 24.0 Å². The molecule has 0 radical (unpaired) electrons. The summed E-state index contributed by atoms with van der Waals surface area (Å²) in [6.07, 6.45) is 0. The van der Waals surface area contributed by atoms with Crippen LogP contribution in [-0.4, -0.2) is 30.6 Å². The van der Waals surface area contributed by atoms with Crippen molar-refractivity contribution in [3.63, 3.8) is 0 Å². The van der Waals surface area contributed by atoms with E-state index >= 15 is 0 Å². The van der Waals surface area contributed by atoms with E-state index in [0.717, 1.165) is 6.07 Å². The molecule has 5 nitrogen and oxygen atoms in total. The second-order valence-electron chi connectivity index (χ2n) is 4.15. The van der Waals surface area contributed by atoms with Gasteiger partial charge in [-0.25, -0.2) is 4.39 Å². The molecule has 0 saturated carbocycles. The minimum atomic E-state index is -0.948. The van der Waals surface area contributed by atoms with Crippen LogP contribution in [0.25, 0.3) is 0 Å². The number of hydrogen-bond acceptors (Lipinski definition) is 3. The summed E-state index contributed by atoms with van der Waals surface area (Å²) in [5, 5.41) is 8.78. The number of carboxylic acid groups (broad SMARTS) is 1. The first-order valence-corrected chi connectivity index (χ1v) is 5.36. The van der Waals surface area contributed by atoms with E-state index in [0.29, 0.717) is 0 Å². The fraction of sp³-hybridized carbons (Fsp3) is 0.333. The molecule has 0 saturated heterocycles. The highest BCUT2D eigenvalue weighted by atomic mass is 19.1. The predicted octanol–water partition coefficient (Wildman–Crippen LogP) is 1.08. The average Bonchev–Trinajstić information content (AvgIpc) is 2.28. The normalized spacial score (nSPS) is 11.9. The van der Waals surface area contributed by atoms with E-state index in [9.17, 15) is 14.0 Å². The fourth-order valence-corrected chi connectivity index (χ4v) is 1.56. The lowest BCUT2D eigenvalue weighted by Crippen LogP contribution is -2.29. The van der Waals surface area contributed by atoms with Gasteiger partial charge in [-0.3, -0.25) is 9.59 Å². The van der Waals surface area contributed by atoms with Crippen LogP contribution in [0.2, 0.25) is 0 Å². The summed E-state index contributed by atoms with van der Waals surface area (Å²) in [5.74, 6) is -2.88. The summed E-state index contributed by atoms with van der Waals surface area (Å²) in [6.45, 7) is 1.71. The first-order chi connectivity index (χ1) is 8.32. The molecular formula is C12H15FN2O3. The van der Waals surface area contributed by atoms with Gasteiger partial charge >= 0.3 is 5.97 Å². The van der Waals surface area contributed by atoms with Gasteiger partial charge in [0, 0.05) is 19.2 Å². The van der Waals surface area contributed by atoms with Crippen LogP contribution in [0.1, 0.15) is 17.3 Å². The van der Waals surface area contributed by atoms with Gasteiger partial charge in [-0.1, -0.05) is 6.92 Å². The number of anilines is 1. The van der Waals surface area contributed by atoms with Crippen LogP contribution in [0.5, 0.6) is 0 Å². The van der Waals surface area contributed by atoms with Gasteiger partial charge < -0.3 is 15.7 Å². The third-order valence-electron chi connectivity index (χ3n) is 2.61. The number of primary amides is 1. The maximum absolute atomic E-state index is 13.7. The van der Waals surface area contributed by atoms with Crippen LogP contribution in [0.3, 0.4) is 0 Å². The number of nitrogens with two attached hydrogens (primary N) is 1. The van der Waals surface area contributed by atoms with Crippen molar-refractivity contribution >= 4 is 17.6 Å². The van der Waals surface area contributed by atoms with Crippen molar-refractivity contribution in [1.29, 1.82) is 0 Å². The Morgan fingerprint density at radius 3 is 2.56 bits per heavy atom. The molecule has 0 aliphatic rings. The Kier molecular flexibility index (Phi) is 4.25. The van der Waals surface area contributed by atoms with Crippen molar-refractivity contribution in [3.8, 4) is 0 Å². The number of aliphatic carboxylic acids is 1. The predicted molar refractivity (Wildman–Crippen MR) is 65.0 cm³/mol. The van der Waals surface area contributed by atoms with Crippen LogP contribution in [0.15, 0.2) is 18.2 Å². The number of nitrogens with zero attached hydrogens (tertiary/aromatic N) is 1. The van der Waals surface area contributed by atoms with Crippen molar-refractivity contribution in [1.82, 2.24) is 0 Å². The molecule has 0 aliphatic heterocycles. The van der Waals surface area contributed by atoms with Gasteiger partial charge in [0.05, 0.1) is 11.6 Å². The Bertz CT molecular complexity index is 476. The summed E-state index contributed by atoms with van der Waals surface area (Å²) < 4.78 is 13.7. The molecular weight excluding hydrogens is 239 g/mol. The molecule has 3 N–H and O–H groups in total. The fourth-order valence-electron chi connectivity index (χ4n) is 1.56. The standard InChI is InChI=1S/C12H15FN2O3/c1-7(12(17)18)6-15(2)10-4-3-8(11(14)16)5-9(10)13/h3-5,7H,6H2,1-2H3,(H2,14,16)(H,17,18). The van der Waals surface area contributed by atoms with Gasteiger partial charge in [-0.2, -0.15) is 0 Å². The maximum Gasteiger partial charge on any atom is 0.308 e. The molecule has 1 aromatic rings. The highest BCUT2D eigenvalue weighted by molar-refractivity contribution is 5.93. The molecule has 1 atom stereocenters. The Balaban J connectivity index is 2.90. The highest BCUT2D eigenvalue weighted by Crippen LogP contribution is 2.20. The molecule has 1 rings (SSSR count). The van der Waals surface area contributed by atoms with E-state index in [1.807, 2.05) is 0 Å². The van der Waals surface area contributed by atoms with Gasteiger partial charge in [0.15, 0.2) is 0 Å². The monoisotopic (exact) mass is 254 g/mol. The van der Waals surface area contributed by atoms with E-state index in [-0.39, 0.29) is 17.8 Å². The number of halogens is 1. The Morgan fingerprint density at radius 2 is 2.11 bits per heavy atom. The third kappa shape index (κ3) is 3.19. The van der Waals surface area contributed by atoms with Crippen LogP contribution < -0.4 is 10.6 Å². The van der Waals surface area contributed by atoms with Gasteiger partial charge in [0.25, 0.3) is 0 Å². The molecule has 6 heteroatoms. The lowest BCUT2D eigenvalue weighted by Gasteiger charge is -2.22. The zero-order valence-corrected chi connectivity index (χ0v) is 10.2. The molecule has 1 amide bonds. The number of carbonyl (C=O) groups is 2. The van der Waals surface area contributed by atoms with Gasteiger partial charge in [-0.15, -0.1) is 0 Å². The molecule has 1 aromatic carbocycles. The smallest absolute Gasteiger partial charge is 0.308 e. The second kappa shape index (κ2) is 5.48. The van der Waals surface area contributed by atoms with Crippen molar-refractivity contribution in [3.05, 3.63) is 29.6 Å². The van der Waals surface area contributed by atoms with Crippen LogP contribution >= 0.6 is 0 Å². The largest absolute Gasteiger partial charge is 0.481 e. The third-order valence-corrected chi connectivity index (χ3v) is 2.61. The summed E-state index contributed by atoms with van der Waals surface area (Å²) in [6, 6.07) is 3.85.